The molecule has 0 fully saturated rings. The molecule has 0 radical (unpaired) electrons. The predicted molar refractivity (Wildman–Crippen MR) is 297 cm³/mol. The fourth-order valence-corrected chi connectivity index (χ4v) is 6.29. The molecule has 0 bridgehead atoms. The second kappa shape index (κ2) is 48.5. The largest absolute Gasteiger partial charge is 0.481 e. The van der Waals surface area contributed by atoms with Gasteiger partial charge in [0.15, 0.2) is 0 Å². The smallest absolute Gasteiger partial charge is 0.303 e. The second-order valence-electron chi connectivity index (χ2n) is 14.9. The number of hydrogen-bond donors (Lipinski definition) is 3. The van der Waals surface area contributed by atoms with Crippen LogP contribution in [-0.4, -0.2) is 22.2 Å². The van der Waals surface area contributed by atoms with Gasteiger partial charge in [-0.15, -0.1) is 12.6 Å². The maximum atomic E-state index is 10.3. The van der Waals surface area contributed by atoms with Gasteiger partial charge in [0.1, 0.15) is 0 Å². The van der Waals surface area contributed by atoms with E-state index in [1.165, 1.54) is 78.3 Å². The summed E-state index contributed by atoms with van der Waals surface area (Å²) in [6, 6.07) is 55.7. The van der Waals surface area contributed by atoms with Gasteiger partial charge in [-0.25, -0.2) is 0 Å². The first-order valence-electron chi connectivity index (χ1n) is 24.9. The highest BCUT2D eigenvalue weighted by Crippen LogP contribution is 2.10. The summed E-state index contributed by atoms with van der Waals surface area (Å²) in [4.78, 5) is 21.5. The fraction of sp³-hybridized carbons (Fsp3) is 0.387. The van der Waals surface area contributed by atoms with Gasteiger partial charge in [0, 0.05) is 17.7 Å². The van der Waals surface area contributed by atoms with Crippen LogP contribution < -0.4 is 0 Å². The van der Waals surface area contributed by atoms with Gasteiger partial charge in [0.25, 0.3) is 0 Å². The topological polar surface area (TPSA) is 74.6 Å². The molecule has 0 spiro atoms. The first-order valence-corrected chi connectivity index (χ1v) is 25.4. The van der Waals surface area contributed by atoms with E-state index in [-0.39, 0.29) is 12.8 Å². The number of rotatable bonds is 14. The standard InChI is InChI=1S/C10H12O2.C10H14.C9H10O2.C9H12S.2C9H12.3C2H6/c1-8-3-2-4-9(7-8)5-6-10(11)12;1-3-5-10-7-4-6-9(2)8-10;10-9(11)7-6-8-4-2-1-3-5-8;1-2-4-8-5-3-6-9(10)7-8;2*1-2-6-9-7-4-3-5-8-9;3*1-2/h2-4,7H,5-6H2,1H3,(H,11,12);4,6-8H,3,5H2,1-2H3;1-5H,6-7H2,(H,10,11);3,5-7,10H,2,4H2,1H3;2*3-5,7-8H,2,6H2,1H3;3*1-2H3. The maximum absolute atomic E-state index is 10.3. The highest BCUT2D eigenvalue weighted by atomic mass is 32.1. The number of carboxylic acids is 2. The van der Waals surface area contributed by atoms with Gasteiger partial charge in [-0.3, -0.25) is 9.59 Å². The Labute approximate surface area is 415 Å². The van der Waals surface area contributed by atoms with Crippen molar-refractivity contribution in [1.82, 2.24) is 0 Å². The summed E-state index contributed by atoms with van der Waals surface area (Å²) in [7, 11) is 0. The minimum Gasteiger partial charge on any atom is -0.481 e. The summed E-state index contributed by atoms with van der Waals surface area (Å²) in [6.45, 7) is 24.9. The van der Waals surface area contributed by atoms with Crippen LogP contribution in [0.4, 0.5) is 0 Å². The van der Waals surface area contributed by atoms with E-state index in [1.54, 1.807) is 0 Å². The third-order valence-corrected chi connectivity index (χ3v) is 9.29. The quantitative estimate of drug-likeness (QED) is 0.0952. The number of thiol groups is 1. The summed E-state index contributed by atoms with van der Waals surface area (Å²) >= 11 is 4.25. The molecule has 2 N–H and O–H groups in total. The molecule has 0 amide bonds. The molecule has 0 heterocycles. The van der Waals surface area contributed by atoms with E-state index < -0.39 is 11.9 Å². The van der Waals surface area contributed by atoms with Crippen molar-refractivity contribution in [2.75, 3.05) is 0 Å². The zero-order valence-corrected chi connectivity index (χ0v) is 44.6. The van der Waals surface area contributed by atoms with E-state index in [4.69, 9.17) is 10.2 Å². The van der Waals surface area contributed by atoms with Crippen LogP contribution in [0.15, 0.2) is 169 Å². The van der Waals surface area contributed by atoms with Crippen LogP contribution >= 0.6 is 12.6 Å². The average Bonchev–Trinajstić information content (AvgIpc) is 3.35. The molecule has 0 aliphatic rings. The summed E-state index contributed by atoms with van der Waals surface area (Å²) in [5.41, 5.74) is 10.5. The number of carbonyl (C=O) groups is 2. The van der Waals surface area contributed by atoms with Crippen LogP contribution in [0.5, 0.6) is 0 Å². The summed E-state index contributed by atoms with van der Waals surface area (Å²) < 4.78 is 0. The van der Waals surface area contributed by atoms with E-state index in [0.717, 1.165) is 22.4 Å². The van der Waals surface area contributed by atoms with Crippen molar-refractivity contribution in [3.05, 3.63) is 208 Å². The van der Waals surface area contributed by atoms with Crippen molar-refractivity contribution in [3.63, 3.8) is 0 Å². The first kappa shape index (κ1) is 65.9. The maximum Gasteiger partial charge on any atom is 0.303 e. The Morgan fingerprint density at radius 1 is 0.358 bits per heavy atom. The summed E-state index contributed by atoms with van der Waals surface area (Å²) in [6.07, 6.45) is 11.4. The van der Waals surface area contributed by atoms with Gasteiger partial charge in [-0.05, 0) is 97.9 Å². The van der Waals surface area contributed by atoms with Crippen LogP contribution in [0.2, 0.25) is 0 Å². The fourth-order valence-electron chi connectivity index (χ4n) is 6.04. The highest BCUT2D eigenvalue weighted by Gasteiger charge is 1.99. The minimum absolute atomic E-state index is 0.212. The Kier molecular flexibility index (Phi) is 47.7. The van der Waals surface area contributed by atoms with Gasteiger partial charge in [-0.2, -0.15) is 0 Å². The number of carboxylic acid groups (broad SMARTS) is 2. The van der Waals surface area contributed by atoms with Gasteiger partial charge in [0.2, 0.25) is 0 Å². The zero-order valence-electron chi connectivity index (χ0n) is 43.7. The van der Waals surface area contributed by atoms with Crippen LogP contribution in [0, 0.1) is 13.8 Å². The highest BCUT2D eigenvalue weighted by molar-refractivity contribution is 7.80. The summed E-state index contributed by atoms with van der Waals surface area (Å²) in [5.74, 6) is -1.48. The second-order valence-corrected chi connectivity index (χ2v) is 15.4. The van der Waals surface area contributed by atoms with Crippen LogP contribution in [0.25, 0.3) is 0 Å². The lowest BCUT2D eigenvalue weighted by Crippen LogP contribution is -1.97. The predicted octanol–water partition coefficient (Wildman–Crippen LogP) is 17.9. The van der Waals surface area contributed by atoms with E-state index in [2.05, 4.69) is 144 Å². The Balaban J connectivity index is -0.000000718. The van der Waals surface area contributed by atoms with Crippen LogP contribution in [0.1, 0.15) is 152 Å². The number of aliphatic carboxylic acids is 2. The SMILES string of the molecule is CC.CC.CC.CCCc1cccc(C)c1.CCCc1cccc(S)c1.CCCc1ccccc1.CCCc1ccccc1.Cc1cccc(CCC(=O)O)c1.O=C(O)CCc1ccccc1. The lowest BCUT2D eigenvalue weighted by molar-refractivity contribution is -0.138. The molecule has 6 aromatic rings. The molecule has 0 unspecified atom stereocenters. The molecule has 0 saturated carbocycles. The lowest BCUT2D eigenvalue weighted by Gasteiger charge is -1.98. The molecular formula is C62H90O4S. The lowest BCUT2D eigenvalue weighted by atomic mass is 10.1. The molecule has 0 aromatic heterocycles. The molecule has 67 heavy (non-hydrogen) atoms. The molecule has 0 saturated heterocycles. The average molecular weight is 931 g/mol. The monoisotopic (exact) mass is 931 g/mol. The van der Waals surface area contributed by atoms with Crippen molar-refractivity contribution in [2.45, 2.75) is 165 Å². The molecular weight excluding hydrogens is 841 g/mol. The summed E-state index contributed by atoms with van der Waals surface area (Å²) in [5, 5.41) is 16.8. The van der Waals surface area contributed by atoms with Crippen molar-refractivity contribution in [1.29, 1.82) is 0 Å². The van der Waals surface area contributed by atoms with Crippen molar-refractivity contribution in [2.24, 2.45) is 0 Å². The third-order valence-electron chi connectivity index (χ3n) is 9.01. The van der Waals surface area contributed by atoms with Crippen molar-refractivity contribution >= 4 is 24.6 Å². The number of hydrogen-bond acceptors (Lipinski definition) is 3. The zero-order chi connectivity index (χ0) is 50.9. The molecule has 0 aliphatic carbocycles. The minimum atomic E-state index is -0.742. The van der Waals surface area contributed by atoms with E-state index in [0.29, 0.717) is 12.8 Å². The Morgan fingerprint density at radius 2 is 0.612 bits per heavy atom. The van der Waals surface area contributed by atoms with Crippen LogP contribution in [0.3, 0.4) is 0 Å². The number of benzene rings is 6. The molecule has 6 rings (SSSR count). The normalized spacial score (nSPS) is 9.03. The van der Waals surface area contributed by atoms with Gasteiger partial charge in [-0.1, -0.05) is 258 Å². The van der Waals surface area contributed by atoms with Gasteiger partial charge in [0.05, 0.1) is 0 Å². The molecule has 4 nitrogen and oxygen atoms in total. The van der Waals surface area contributed by atoms with Crippen molar-refractivity contribution < 1.29 is 19.8 Å². The van der Waals surface area contributed by atoms with Crippen LogP contribution in [-0.2, 0) is 48.1 Å². The molecule has 6 aromatic carbocycles. The Bertz CT molecular complexity index is 1890. The van der Waals surface area contributed by atoms with E-state index in [1.807, 2.05) is 115 Å². The van der Waals surface area contributed by atoms with E-state index in [9.17, 15) is 9.59 Å². The van der Waals surface area contributed by atoms with E-state index >= 15 is 0 Å². The Hall–Kier alpha value is -5.39. The Morgan fingerprint density at radius 3 is 0.910 bits per heavy atom. The van der Waals surface area contributed by atoms with Gasteiger partial charge >= 0.3 is 11.9 Å². The van der Waals surface area contributed by atoms with Gasteiger partial charge < -0.3 is 10.2 Å². The molecule has 368 valence electrons. The third kappa shape index (κ3) is 41.8. The molecule has 0 aliphatic heterocycles. The molecule has 5 heteroatoms. The first-order chi connectivity index (χ1) is 32.5. The molecule has 0 atom stereocenters. The number of aryl methyl sites for hydroxylation is 8. The van der Waals surface area contributed by atoms with Crippen molar-refractivity contribution in [3.8, 4) is 0 Å².